The number of hydrogen-bond acceptors (Lipinski definition) is 3. The Morgan fingerprint density at radius 3 is 2.54 bits per heavy atom. The molecule has 1 saturated carbocycles. The summed E-state index contributed by atoms with van der Waals surface area (Å²) in [6.45, 7) is 1.73. The van der Waals surface area contributed by atoms with E-state index < -0.39 is 21.7 Å². The van der Waals surface area contributed by atoms with Gasteiger partial charge in [-0.15, -0.1) is 0 Å². The van der Waals surface area contributed by atoms with Gasteiger partial charge in [-0.2, -0.15) is 0 Å². The molecule has 2 aromatic rings. The third kappa shape index (κ3) is 4.43. The molecule has 1 N–H and O–H groups in total. The second kappa shape index (κ2) is 7.00. The van der Waals surface area contributed by atoms with Gasteiger partial charge < -0.3 is 0 Å². The average molecular weight is 396 g/mol. The Morgan fingerprint density at radius 1 is 1.27 bits per heavy atom. The van der Waals surface area contributed by atoms with Crippen LogP contribution in [0.1, 0.15) is 34.3 Å². The van der Waals surface area contributed by atoms with E-state index in [0.717, 1.165) is 23.8 Å². The van der Waals surface area contributed by atoms with Crippen LogP contribution in [-0.4, -0.2) is 20.6 Å². The van der Waals surface area contributed by atoms with Crippen molar-refractivity contribution in [3.63, 3.8) is 0 Å². The van der Waals surface area contributed by atoms with Gasteiger partial charge in [-0.3, -0.25) is 4.79 Å². The predicted molar refractivity (Wildman–Crippen MR) is 100 cm³/mol. The van der Waals surface area contributed by atoms with Gasteiger partial charge >= 0.3 is 0 Å². The number of aryl methyl sites for hydroxylation is 1. The second-order valence-electron chi connectivity index (χ2n) is 6.80. The topological polar surface area (TPSA) is 63.2 Å². The lowest BCUT2D eigenvalue weighted by molar-refractivity contribution is 0.0977. The number of sulfonamides is 1. The Balaban J connectivity index is 1.92. The molecule has 4 nitrogen and oxygen atoms in total. The standard InChI is InChI=1S/C19H19ClFNO3S/c1-11-7-16(19(23)22-26(2,24)25)18(21)10-15(11)13-5-6-14(17(20)9-13)8-12-3-4-12/h5-7,9-10,12H,3-4,8H2,1-2H3,(H,22,23). The van der Waals surface area contributed by atoms with Crippen LogP contribution >= 0.6 is 11.6 Å². The Hall–Kier alpha value is -1.92. The quantitative estimate of drug-likeness (QED) is 0.829. The van der Waals surface area contributed by atoms with E-state index in [-0.39, 0.29) is 5.56 Å². The van der Waals surface area contributed by atoms with Crippen LogP contribution in [0, 0.1) is 18.7 Å². The van der Waals surface area contributed by atoms with Crippen molar-refractivity contribution in [1.29, 1.82) is 0 Å². The predicted octanol–water partition coefficient (Wildman–Crippen LogP) is 4.10. The van der Waals surface area contributed by atoms with E-state index in [0.29, 0.717) is 22.1 Å². The van der Waals surface area contributed by atoms with Gasteiger partial charge in [0.05, 0.1) is 11.8 Å². The number of amides is 1. The molecular weight excluding hydrogens is 377 g/mol. The van der Waals surface area contributed by atoms with Gasteiger partial charge in [0.1, 0.15) is 5.82 Å². The Bertz CT molecular complexity index is 985. The molecule has 0 bridgehead atoms. The molecule has 138 valence electrons. The molecule has 1 amide bonds. The second-order valence-corrected chi connectivity index (χ2v) is 8.96. The zero-order valence-electron chi connectivity index (χ0n) is 14.5. The normalized spacial score (nSPS) is 14.3. The Labute approximate surface area is 157 Å². The minimum absolute atomic E-state index is 0.312. The Morgan fingerprint density at radius 2 is 1.96 bits per heavy atom. The van der Waals surface area contributed by atoms with Gasteiger partial charge in [-0.25, -0.2) is 17.5 Å². The van der Waals surface area contributed by atoms with Crippen LogP contribution in [0.3, 0.4) is 0 Å². The smallest absolute Gasteiger partial charge is 0.267 e. The molecule has 0 spiro atoms. The summed E-state index contributed by atoms with van der Waals surface area (Å²) in [5.74, 6) is -1.06. The molecule has 0 aliphatic heterocycles. The molecule has 7 heteroatoms. The highest BCUT2D eigenvalue weighted by Crippen LogP contribution is 2.36. The highest BCUT2D eigenvalue weighted by atomic mass is 35.5. The van der Waals surface area contributed by atoms with E-state index in [2.05, 4.69) is 0 Å². The summed E-state index contributed by atoms with van der Waals surface area (Å²) in [5, 5.41) is 0.646. The molecule has 0 aromatic heterocycles. The molecule has 0 atom stereocenters. The number of carbonyl (C=O) groups is 1. The number of halogens is 2. The molecule has 2 aromatic carbocycles. The largest absolute Gasteiger partial charge is 0.268 e. The van der Waals surface area contributed by atoms with Crippen LogP contribution in [0.4, 0.5) is 4.39 Å². The van der Waals surface area contributed by atoms with Gasteiger partial charge in [0.25, 0.3) is 5.91 Å². The van der Waals surface area contributed by atoms with E-state index >= 15 is 0 Å². The molecule has 3 rings (SSSR count). The average Bonchev–Trinajstić information content (AvgIpc) is 3.33. The molecule has 26 heavy (non-hydrogen) atoms. The highest BCUT2D eigenvalue weighted by Gasteiger charge is 2.23. The number of benzene rings is 2. The van der Waals surface area contributed by atoms with Crippen LogP contribution in [0.5, 0.6) is 0 Å². The first-order valence-corrected chi connectivity index (χ1v) is 10.5. The van der Waals surface area contributed by atoms with Gasteiger partial charge in [0, 0.05) is 5.02 Å². The van der Waals surface area contributed by atoms with Crippen molar-refractivity contribution in [2.45, 2.75) is 26.2 Å². The van der Waals surface area contributed by atoms with Crippen LogP contribution in [0.15, 0.2) is 30.3 Å². The maximum Gasteiger partial charge on any atom is 0.267 e. The van der Waals surface area contributed by atoms with Crippen molar-refractivity contribution in [3.8, 4) is 11.1 Å². The van der Waals surface area contributed by atoms with Crippen molar-refractivity contribution < 1.29 is 17.6 Å². The third-order valence-electron chi connectivity index (χ3n) is 4.41. The number of rotatable bonds is 5. The van der Waals surface area contributed by atoms with E-state index in [1.807, 2.05) is 12.1 Å². The van der Waals surface area contributed by atoms with Gasteiger partial charge in [0.2, 0.25) is 10.0 Å². The van der Waals surface area contributed by atoms with E-state index in [9.17, 15) is 17.6 Å². The number of nitrogens with one attached hydrogen (secondary N) is 1. The summed E-state index contributed by atoms with van der Waals surface area (Å²) in [4.78, 5) is 11.9. The van der Waals surface area contributed by atoms with Gasteiger partial charge in [-0.05, 0) is 72.6 Å². The monoisotopic (exact) mass is 395 g/mol. The molecule has 0 saturated heterocycles. The Kier molecular flexibility index (Phi) is 5.08. The van der Waals surface area contributed by atoms with Crippen LogP contribution < -0.4 is 4.72 Å². The first-order chi connectivity index (χ1) is 12.1. The summed E-state index contributed by atoms with van der Waals surface area (Å²) in [7, 11) is -3.76. The maximum absolute atomic E-state index is 14.4. The van der Waals surface area contributed by atoms with Gasteiger partial charge in [-0.1, -0.05) is 23.7 Å². The fraction of sp³-hybridized carbons (Fsp3) is 0.316. The minimum Gasteiger partial charge on any atom is -0.268 e. The lowest BCUT2D eigenvalue weighted by atomic mass is 9.96. The van der Waals surface area contributed by atoms with Crippen LogP contribution in [0.2, 0.25) is 5.02 Å². The maximum atomic E-state index is 14.4. The zero-order chi connectivity index (χ0) is 19.1. The van der Waals surface area contributed by atoms with Crippen molar-refractivity contribution >= 4 is 27.5 Å². The summed E-state index contributed by atoms with van der Waals surface area (Å²) in [6, 6.07) is 8.23. The van der Waals surface area contributed by atoms with Crippen molar-refractivity contribution in [2.24, 2.45) is 5.92 Å². The van der Waals surface area contributed by atoms with Crippen molar-refractivity contribution in [3.05, 3.63) is 57.9 Å². The molecule has 1 aliphatic rings. The molecule has 1 aliphatic carbocycles. The third-order valence-corrected chi connectivity index (χ3v) is 5.31. The lowest BCUT2D eigenvalue weighted by Crippen LogP contribution is -2.30. The lowest BCUT2D eigenvalue weighted by Gasteiger charge is -2.12. The van der Waals surface area contributed by atoms with Crippen LogP contribution in [-0.2, 0) is 16.4 Å². The number of carbonyl (C=O) groups excluding carboxylic acids is 1. The molecule has 1 fully saturated rings. The highest BCUT2D eigenvalue weighted by molar-refractivity contribution is 7.89. The summed E-state index contributed by atoms with van der Waals surface area (Å²) < 4.78 is 38.5. The molecule has 0 radical (unpaired) electrons. The first kappa shape index (κ1) is 18.9. The first-order valence-electron chi connectivity index (χ1n) is 8.25. The van der Waals surface area contributed by atoms with E-state index in [1.54, 1.807) is 17.7 Å². The van der Waals surface area contributed by atoms with Crippen LogP contribution in [0.25, 0.3) is 11.1 Å². The van der Waals surface area contributed by atoms with E-state index in [4.69, 9.17) is 11.6 Å². The molecule has 0 heterocycles. The summed E-state index contributed by atoms with van der Waals surface area (Å²) in [5.41, 5.74) is 2.78. The minimum atomic E-state index is -3.76. The summed E-state index contributed by atoms with van der Waals surface area (Å²) >= 11 is 6.37. The van der Waals surface area contributed by atoms with Gasteiger partial charge in [0.15, 0.2) is 0 Å². The molecular formula is C19H19ClFNO3S. The molecule has 0 unspecified atom stereocenters. The fourth-order valence-corrected chi connectivity index (χ4v) is 3.61. The van der Waals surface area contributed by atoms with E-state index in [1.165, 1.54) is 25.0 Å². The summed E-state index contributed by atoms with van der Waals surface area (Å²) in [6.07, 6.45) is 4.27. The van der Waals surface area contributed by atoms with Crippen molar-refractivity contribution in [1.82, 2.24) is 4.72 Å². The SMILES string of the molecule is Cc1cc(C(=O)NS(C)(=O)=O)c(F)cc1-c1ccc(CC2CC2)c(Cl)c1. The zero-order valence-corrected chi connectivity index (χ0v) is 16.0. The van der Waals surface area contributed by atoms with Crippen molar-refractivity contribution in [2.75, 3.05) is 6.26 Å². The number of hydrogen-bond donors (Lipinski definition) is 1. The fourth-order valence-electron chi connectivity index (χ4n) is 2.90.